The van der Waals surface area contributed by atoms with Gasteiger partial charge in [0.15, 0.2) is 0 Å². The highest BCUT2D eigenvalue weighted by atomic mass is 15.2. The minimum absolute atomic E-state index is 0.862. The van der Waals surface area contributed by atoms with Crippen LogP contribution in [0.4, 0.5) is 0 Å². The molecule has 1 aromatic heterocycles. The second-order valence-electron chi connectivity index (χ2n) is 5.13. The van der Waals surface area contributed by atoms with Crippen molar-refractivity contribution in [2.24, 2.45) is 7.05 Å². The highest BCUT2D eigenvalue weighted by Gasteiger charge is 2.03. The van der Waals surface area contributed by atoms with Gasteiger partial charge in [0.05, 0.1) is 5.69 Å². The van der Waals surface area contributed by atoms with E-state index in [1.807, 2.05) is 30.1 Å². The summed E-state index contributed by atoms with van der Waals surface area (Å²) in [5.74, 6) is 0. The topological polar surface area (TPSA) is 29.9 Å². The Balaban J connectivity index is 1.65. The smallest absolute Gasteiger partial charge is 0.0678 e. The first-order chi connectivity index (χ1) is 10.3. The highest BCUT2D eigenvalue weighted by Crippen LogP contribution is 2.19. The van der Waals surface area contributed by atoms with Crippen LogP contribution >= 0.6 is 0 Å². The maximum absolute atomic E-state index is 4.23. The molecule has 2 aromatic carbocycles. The zero-order valence-corrected chi connectivity index (χ0v) is 12.2. The van der Waals surface area contributed by atoms with Crippen molar-refractivity contribution >= 4 is 0 Å². The molecule has 106 valence electrons. The molecule has 1 N–H and O–H groups in total. The van der Waals surface area contributed by atoms with Gasteiger partial charge in [0.1, 0.15) is 0 Å². The van der Waals surface area contributed by atoms with Gasteiger partial charge in [-0.25, -0.2) is 0 Å². The summed E-state index contributed by atoms with van der Waals surface area (Å²) in [5, 5.41) is 7.71. The Morgan fingerprint density at radius 3 is 2.43 bits per heavy atom. The first-order valence-corrected chi connectivity index (χ1v) is 7.15. The third kappa shape index (κ3) is 3.38. The third-order valence-electron chi connectivity index (χ3n) is 3.54. The molecule has 0 saturated carbocycles. The van der Waals surface area contributed by atoms with E-state index in [0.29, 0.717) is 0 Å². The largest absolute Gasteiger partial charge is 0.309 e. The quantitative estimate of drug-likeness (QED) is 0.775. The fourth-order valence-electron chi connectivity index (χ4n) is 2.44. The Bertz CT molecular complexity index is 701. The summed E-state index contributed by atoms with van der Waals surface area (Å²) in [5.41, 5.74) is 4.93. The average molecular weight is 277 g/mol. The van der Waals surface area contributed by atoms with Crippen LogP contribution in [0.3, 0.4) is 0 Å². The molecule has 0 radical (unpaired) electrons. The summed E-state index contributed by atoms with van der Waals surface area (Å²) < 4.78 is 1.90. The standard InChI is InChI=1S/C18H19N3/c1-21-18(10-11-20-21)17-9-5-8-16(12-17)14-19-13-15-6-3-2-4-7-15/h2-12,19H,13-14H2,1H3. The lowest BCUT2D eigenvalue weighted by Gasteiger charge is -2.08. The van der Waals surface area contributed by atoms with Gasteiger partial charge < -0.3 is 5.32 Å². The molecule has 0 fully saturated rings. The van der Waals surface area contributed by atoms with Crippen LogP contribution in [0, 0.1) is 0 Å². The van der Waals surface area contributed by atoms with Crippen molar-refractivity contribution in [3.8, 4) is 11.3 Å². The maximum Gasteiger partial charge on any atom is 0.0678 e. The molecule has 0 unspecified atom stereocenters. The molecule has 3 aromatic rings. The van der Waals surface area contributed by atoms with E-state index >= 15 is 0 Å². The Morgan fingerprint density at radius 2 is 1.67 bits per heavy atom. The van der Waals surface area contributed by atoms with E-state index in [4.69, 9.17) is 0 Å². The van der Waals surface area contributed by atoms with Crippen molar-refractivity contribution < 1.29 is 0 Å². The second kappa shape index (κ2) is 6.37. The number of nitrogens with zero attached hydrogens (tertiary/aromatic N) is 2. The Kier molecular flexibility index (Phi) is 4.12. The van der Waals surface area contributed by atoms with Crippen molar-refractivity contribution in [2.45, 2.75) is 13.1 Å². The first-order valence-electron chi connectivity index (χ1n) is 7.15. The molecular formula is C18H19N3. The summed E-state index contributed by atoms with van der Waals surface area (Å²) in [4.78, 5) is 0. The normalized spacial score (nSPS) is 10.7. The third-order valence-corrected chi connectivity index (χ3v) is 3.54. The van der Waals surface area contributed by atoms with Crippen LogP contribution < -0.4 is 5.32 Å². The lowest BCUT2D eigenvalue weighted by atomic mass is 10.1. The minimum Gasteiger partial charge on any atom is -0.309 e. The highest BCUT2D eigenvalue weighted by molar-refractivity contribution is 5.60. The summed E-state index contributed by atoms with van der Waals surface area (Å²) >= 11 is 0. The first kappa shape index (κ1) is 13.6. The molecule has 3 rings (SSSR count). The summed E-state index contributed by atoms with van der Waals surface area (Å²) in [6.07, 6.45) is 1.83. The van der Waals surface area contributed by atoms with Crippen LogP contribution in [-0.2, 0) is 20.1 Å². The summed E-state index contributed by atoms with van der Waals surface area (Å²) in [6.45, 7) is 1.75. The molecule has 0 bridgehead atoms. The molecule has 0 saturated heterocycles. The predicted molar refractivity (Wildman–Crippen MR) is 85.6 cm³/mol. The monoisotopic (exact) mass is 277 g/mol. The van der Waals surface area contributed by atoms with E-state index in [9.17, 15) is 0 Å². The van der Waals surface area contributed by atoms with E-state index in [-0.39, 0.29) is 0 Å². The fourth-order valence-corrected chi connectivity index (χ4v) is 2.44. The molecule has 0 aliphatic rings. The molecule has 0 spiro atoms. The number of aromatic nitrogens is 2. The van der Waals surface area contributed by atoms with Crippen molar-refractivity contribution in [1.82, 2.24) is 15.1 Å². The predicted octanol–water partition coefficient (Wildman–Crippen LogP) is 3.38. The number of hydrogen-bond acceptors (Lipinski definition) is 2. The molecule has 3 nitrogen and oxygen atoms in total. The molecule has 3 heteroatoms. The second-order valence-corrected chi connectivity index (χ2v) is 5.13. The van der Waals surface area contributed by atoms with Crippen LogP contribution in [0.5, 0.6) is 0 Å². The van der Waals surface area contributed by atoms with Gasteiger partial charge in [-0.1, -0.05) is 48.5 Å². The van der Waals surface area contributed by atoms with E-state index in [0.717, 1.165) is 18.8 Å². The van der Waals surface area contributed by atoms with Gasteiger partial charge in [-0.05, 0) is 23.3 Å². The SMILES string of the molecule is Cn1nccc1-c1cccc(CNCc2ccccc2)c1. The van der Waals surface area contributed by atoms with Gasteiger partial charge in [-0.2, -0.15) is 5.10 Å². The number of hydrogen-bond donors (Lipinski definition) is 1. The van der Waals surface area contributed by atoms with Crippen molar-refractivity contribution in [3.05, 3.63) is 78.0 Å². The minimum atomic E-state index is 0.862. The van der Waals surface area contributed by atoms with Gasteiger partial charge in [0, 0.05) is 31.9 Å². The van der Waals surface area contributed by atoms with Gasteiger partial charge in [-0.3, -0.25) is 4.68 Å². The molecule has 0 aliphatic heterocycles. The molecule has 0 aliphatic carbocycles. The van der Waals surface area contributed by atoms with Gasteiger partial charge in [0.25, 0.3) is 0 Å². The lowest BCUT2D eigenvalue weighted by molar-refractivity contribution is 0.693. The van der Waals surface area contributed by atoms with Gasteiger partial charge >= 0.3 is 0 Å². The average Bonchev–Trinajstić information content (AvgIpc) is 2.95. The fraction of sp³-hybridized carbons (Fsp3) is 0.167. The van der Waals surface area contributed by atoms with E-state index in [1.165, 1.54) is 16.7 Å². The van der Waals surface area contributed by atoms with Crippen LogP contribution in [0.1, 0.15) is 11.1 Å². The van der Waals surface area contributed by atoms with Gasteiger partial charge in [0.2, 0.25) is 0 Å². The number of nitrogens with one attached hydrogen (secondary N) is 1. The van der Waals surface area contributed by atoms with E-state index in [2.05, 4.69) is 58.9 Å². The number of rotatable bonds is 5. The Morgan fingerprint density at radius 1 is 0.905 bits per heavy atom. The summed E-state index contributed by atoms with van der Waals surface area (Å²) in [7, 11) is 1.97. The lowest BCUT2D eigenvalue weighted by Crippen LogP contribution is -2.12. The van der Waals surface area contributed by atoms with Crippen LogP contribution in [0.2, 0.25) is 0 Å². The van der Waals surface area contributed by atoms with Crippen LogP contribution in [0.25, 0.3) is 11.3 Å². The van der Waals surface area contributed by atoms with E-state index < -0.39 is 0 Å². The van der Waals surface area contributed by atoms with Crippen molar-refractivity contribution in [3.63, 3.8) is 0 Å². The van der Waals surface area contributed by atoms with Gasteiger partial charge in [-0.15, -0.1) is 0 Å². The Hall–Kier alpha value is -2.39. The zero-order valence-electron chi connectivity index (χ0n) is 12.2. The van der Waals surface area contributed by atoms with Crippen molar-refractivity contribution in [1.29, 1.82) is 0 Å². The van der Waals surface area contributed by atoms with E-state index in [1.54, 1.807) is 0 Å². The molecular weight excluding hydrogens is 258 g/mol. The summed E-state index contributed by atoms with van der Waals surface area (Å²) in [6, 6.07) is 21.1. The Labute approximate surface area is 125 Å². The maximum atomic E-state index is 4.23. The number of aryl methyl sites for hydroxylation is 1. The molecule has 0 amide bonds. The molecule has 1 heterocycles. The molecule has 21 heavy (non-hydrogen) atoms. The van der Waals surface area contributed by atoms with Crippen molar-refractivity contribution in [2.75, 3.05) is 0 Å². The number of benzene rings is 2. The van der Waals surface area contributed by atoms with Crippen LogP contribution in [-0.4, -0.2) is 9.78 Å². The molecule has 0 atom stereocenters. The zero-order chi connectivity index (χ0) is 14.5. The van der Waals surface area contributed by atoms with Crippen LogP contribution in [0.15, 0.2) is 66.9 Å².